The van der Waals surface area contributed by atoms with Gasteiger partial charge in [0.1, 0.15) is 5.82 Å². The Balaban J connectivity index is 1.62. The van der Waals surface area contributed by atoms with Gasteiger partial charge in [-0.05, 0) is 60.5 Å². The molecular formula is C19H20BrF. The largest absolute Gasteiger partial charge is 0.206 e. The molecule has 2 aromatic rings. The quantitative estimate of drug-likeness (QED) is 0.577. The van der Waals surface area contributed by atoms with Crippen molar-refractivity contribution >= 4 is 26.7 Å². The number of fused-ring (bicyclic) bond motifs is 3. The van der Waals surface area contributed by atoms with Crippen LogP contribution in [-0.2, 0) is 0 Å². The van der Waals surface area contributed by atoms with Crippen molar-refractivity contribution in [2.24, 2.45) is 17.8 Å². The lowest BCUT2D eigenvalue weighted by Crippen LogP contribution is -2.12. The van der Waals surface area contributed by atoms with Gasteiger partial charge < -0.3 is 0 Å². The molecule has 21 heavy (non-hydrogen) atoms. The summed E-state index contributed by atoms with van der Waals surface area (Å²) in [6.07, 6.45) is 6.93. The average Bonchev–Trinajstić information content (AvgIpc) is 3.10. The summed E-state index contributed by atoms with van der Waals surface area (Å²) in [7, 11) is 0. The predicted octanol–water partition coefficient (Wildman–Crippen LogP) is 6.24. The Morgan fingerprint density at radius 2 is 1.86 bits per heavy atom. The van der Waals surface area contributed by atoms with Crippen molar-refractivity contribution in [3.63, 3.8) is 0 Å². The lowest BCUT2D eigenvalue weighted by molar-refractivity contribution is 0.314. The second kappa shape index (κ2) is 5.39. The van der Waals surface area contributed by atoms with Crippen molar-refractivity contribution < 1.29 is 4.39 Å². The normalized spacial score (nSPS) is 29.1. The van der Waals surface area contributed by atoms with Crippen molar-refractivity contribution in [3.05, 3.63) is 47.8 Å². The highest BCUT2D eigenvalue weighted by atomic mass is 79.9. The number of alkyl halides is 1. The molecule has 2 aliphatic carbocycles. The smallest absolute Gasteiger partial charge is 0.131 e. The van der Waals surface area contributed by atoms with E-state index in [0.29, 0.717) is 4.83 Å². The minimum absolute atomic E-state index is 0.117. The molecule has 4 unspecified atom stereocenters. The summed E-state index contributed by atoms with van der Waals surface area (Å²) >= 11 is 3.89. The minimum atomic E-state index is -0.117. The third-order valence-corrected chi connectivity index (χ3v) is 6.50. The van der Waals surface area contributed by atoms with E-state index < -0.39 is 0 Å². The van der Waals surface area contributed by atoms with E-state index in [1.807, 2.05) is 30.3 Å². The van der Waals surface area contributed by atoms with E-state index in [-0.39, 0.29) is 5.82 Å². The van der Waals surface area contributed by atoms with Gasteiger partial charge in [0.15, 0.2) is 0 Å². The maximum atomic E-state index is 13.9. The Labute approximate surface area is 133 Å². The molecule has 0 radical (unpaired) electrons. The van der Waals surface area contributed by atoms with Crippen molar-refractivity contribution in [1.29, 1.82) is 0 Å². The summed E-state index contributed by atoms with van der Waals surface area (Å²) in [5.74, 6) is 2.68. The topological polar surface area (TPSA) is 0 Å². The van der Waals surface area contributed by atoms with Crippen LogP contribution in [0.4, 0.5) is 4.39 Å². The first kappa shape index (κ1) is 13.8. The molecule has 2 fully saturated rings. The van der Waals surface area contributed by atoms with Gasteiger partial charge in [0.2, 0.25) is 0 Å². The summed E-state index contributed by atoms with van der Waals surface area (Å²) < 4.78 is 13.9. The van der Waals surface area contributed by atoms with E-state index in [4.69, 9.17) is 0 Å². The second-order valence-corrected chi connectivity index (χ2v) is 7.93. The molecule has 0 aromatic heterocycles. The molecular weight excluding hydrogens is 327 g/mol. The first-order valence-electron chi connectivity index (χ1n) is 8.03. The molecule has 0 amide bonds. The molecule has 4 rings (SSSR count). The van der Waals surface area contributed by atoms with Gasteiger partial charge in [-0.3, -0.25) is 0 Å². The zero-order chi connectivity index (χ0) is 14.4. The Bertz CT molecular complexity index is 666. The Hall–Kier alpha value is -0.890. The van der Waals surface area contributed by atoms with Crippen LogP contribution in [0.15, 0.2) is 36.4 Å². The van der Waals surface area contributed by atoms with Gasteiger partial charge >= 0.3 is 0 Å². The molecule has 4 atom stereocenters. The fourth-order valence-electron chi connectivity index (χ4n) is 4.62. The third kappa shape index (κ3) is 2.42. The molecule has 2 aromatic carbocycles. The van der Waals surface area contributed by atoms with Crippen LogP contribution in [0.1, 0.15) is 42.5 Å². The van der Waals surface area contributed by atoms with Gasteiger partial charge in [-0.1, -0.05) is 52.7 Å². The minimum Gasteiger partial charge on any atom is -0.206 e. The lowest BCUT2D eigenvalue weighted by Gasteiger charge is -2.24. The third-order valence-electron chi connectivity index (χ3n) is 5.64. The van der Waals surface area contributed by atoms with Crippen LogP contribution in [0.5, 0.6) is 0 Å². The fraction of sp³-hybridized carbons (Fsp3) is 0.474. The van der Waals surface area contributed by atoms with Gasteiger partial charge in [-0.15, -0.1) is 0 Å². The van der Waals surface area contributed by atoms with Crippen LogP contribution in [0, 0.1) is 23.6 Å². The van der Waals surface area contributed by atoms with Crippen molar-refractivity contribution in [2.75, 3.05) is 0 Å². The van der Waals surface area contributed by atoms with E-state index in [9.17, 15) is 4.39 Å². The highest BCUT2D eigenvalue weighted by Crippen LogP contribution is 2.52. The van der Waals surface area contributed by atoms with Crippen LogP contribution >= 0.6 is 15.9 Å². The number of hydrogen-bond donors (Lipinski definition) is 0. The molecule has 0 N–H and O–H groups in total. The van der Waals surface area contributed by atoms with E-state index in [0.717, 1.165) is 28.5 Å². The first-order valence-corrected chi connectivity index (χ1v) is 8.95. The van der Waals surface area contributed by atoms with Gasteiger partial charge in [-0.2, -0.15) is 0 Å². The monoisotopic (exact) mass is 346 g/mol. The molecule has 0 spiro atoms. The number of halogens is 2. The average molecular weight is 347 g/mol. The molecule has 2 heteroatoms. The van der Waals surface area contributed by atoms with Crippen molar-refractivity contribution in [1.82, 2.24) is 0 Å². The van der Waals surface area contributed by atoms with Gasteiger partial charge in [0.05, 0.1) is 0 Å². The predicted molar refractivity (Wildman–Crippen MR) is 89.1 cm³/mol. The van der Waals surface area contributed by atoms with Crippen LogP contribution < -0.4 is 0 Å². The van der Waals surface area contributed by atoms with E-state index in [1.165, 1.54) is 37.7 Å². The molecule has 0 heterocycles. The SMILES string of the molecule is Fc1ccc(C(Br)CC2CC3CCC2C3)c2ccccc12. The summed E-state index contributed by atoms with van der Waals surface area (Å²) in [6, 6.07) is 11.4. The highest BCUT2D eigenvalue weighted by molar-refractivity contribution is 9.09. The lowest BCUT2D eigenvalue weighted by atomic mass is 9.84. The number of hydrogen-bond acceptors (Lipinski definition) is 0. The molecule has 0 nitrogen and oxygen atoms in total. The van der Waals surface area contributed by atoms with Crippen LogP contribution in [0.3, 0.4) is 0 Å². The number of benzene rings is 2. The maximum absolute atomic E-state index is 13.9. The van der Waals surface area contributed by atoms with Crippen LogP contribution in [-0.4, -0.2) is 0 Å². The Morgan fingerprint density at radius 3 is 2.57 bits per heavy atom. The molecule has 110 valence electrons. The van der Waals surface area contributed by atoms with Crippen molar-refractivity contribution in [2.45, 2.75) is 36.9 Å². The maximum Gasteiger partial charge on any atom is 0.131 e. The molecule has 0 aliphatic heterocycles. The van der Waals surface area contributed by atoms with E-state index in [2.05, 4.69) is 15.9 Å². The molecule has 2 bridgehead atoms. The van der Waals surface area contributed by atoms with Crippen LogP contribution in [0.25, 0.3) is 10.8 Å². The standard InChI is InChI=1S/C19H20BrF/c20-18(11-14-10-12-5-6-13(14)9-12)16-7-8-19(21)17-4-2-1-3-15(16)17/h1-4,7-8,12-14,18H,5-6,9-11H2. The summed E-state index contributed by atoms with van der Waals surface area (Å²) in [6.45, 7) is 0. The first-order chi connectivity index (χ1) is 10.2. The summed E-state index contributed by atoms with van der Waals surface area (Å²) in [5, 5.41) is 1.80. The fourth-order valence-corrected chi connectivity index (χ4v) is 5.50. The Kier molecular flexibility index (Phi) is 3.53. The number of rotatable bonds is 3. The molecule has 0 saturated heterocycles. The van der Waals surface area contributed by atoms with Crippen LogP contribution in [0.2, 0.25) is 0 Å². The molecule has 2 saturated carbocycles. The zero-order valence-corrected chi connectivity index (χ0v) is 13.7. The highest BCUT2D eigenvalue weighted by Gasteiger charge is 2.40. The van der Waals surface area contributed by atoms with Gasteiger partial charge in [-0.25, -0.2) is 4.39 Å². The second-order valence-electron chi connectivity index (χ2n) is 6.82. The van der Waals surface area contributed by atoms with Gasteiger partial charge in [0, 0.05) is 10.2 Å². The van der Waals surface area contributed by atoms with E-state index >= 15 is 0 Å². The molecule has 2 aliphatic rings. The van der Waals surface area contributed by atoms with Crippen molar-refractivity contribution in [3.8, 4) is 0 Å². The van der Waals surface area contributed by atoms with Gasteiger partial charge in [0.25, 0.3) is 0 Å². The Morgan fingerprint density at radius 1 is 1.05 bits per heavy atom. The van der Waals surface area contributed by atoms with E-state index in [1.54, 1.807) is 6.07 Å². The summed E-state index contributed by atoms with van der Waals surface area (Å²) in [5.41, 5.74) is 1.25. The zero-order valence-electron chi connectivity index (χ0n) is 12.1. The summed E-state index contributed by atoms with van der Waals surface area (Å²) in [4.78, 5) is 0.340.